The molecule has 12 nitrogen and oxygen atoms in total. The molecule has 12 aliphatic rings. The van der Waals surface area contributed by atoms with Gasteiger partial charge >= 0.3 is 3.18 Å². The van der Waals surface area contributed by atoms with Gasteiger partial charge in [-0.1, -0.05) is 109 Å². The number of amides is 3. The second-order valence-corrected chi connectivity index (χ2v) is 35.1. The van der Waals surface area contributed by atoms with Crippen LogP contribution in [0.15, 0.2) is 146 Å². The first-order valence-electron chi connectivity index (χ1n) is 34.9. The van der Waals surface area contributed by atoms with Crippen molar-refractivity contribution in [2.75, 3.05) is 91.9 Å². The van der Waals surface area contributed by atoms with Gasteiger partial charge in [0.05, 0.1) is 18.1 Å². The number of aliphatic hydroxyl groups is 2. The van der Waals surface area contributed by atoms with Crippen molar-refractivity contribution in [3.05, 3.63) is 213 Å². The molecule has 6 aromatic carbocycles. The zero-order valence-corrected chi connectivity index (χ0v) is 61.8. The van der Waals surface area contributed by atoms with E-state index in [1.807, 2.05) is 63.2 Å². The molecule has 0 aromatic heterocycles. The molecular weight excluding hydrogens is 1460 g/mol. The summed E-state index contributed by atoms with van der Waals surface area (Å²) in [5.74, 6) is -1.16. The van der Waals surface area contributed by atoms with Gasteiger partial charge in [0.2, 0.25) is 0 Å². The monoisotopic (exact) mass is 1550 g/mol. The Kier molecular flexibility index (Phi) is 25.7. The summed E-state index contributed by atoms with van der Waals surface area (Å²) in [6.07, 6.45) is 13.1. The molecule has 3 amide bonds. The molecule has 0 saturated carbocycles. The van der Waals surface area contributed by atoms with Crippen LogP contribution in [0.25, 0.3) is 0 Å². The van der Waals surface area contributed by atoms with Crippen LogP contribution in [0.4, 0.5) is 17.1 Å². The summed E-state index contributed by atoms with van der Waals surface area (Å²) in [6.45, 7) is 11.7. The molecule has 98 heavy (non-hydrogen) atoms. The molecule has 6 atom stereocenters. The lowest BCUT2D eigenvalue weighted by molar-refractivity contribution is -0.148. The van der Waals surface area contributed by atoms with Crippen LogP contribution in [0.3, 0.4) is 0 Å². The summed E-state index contributed by atoms with van der Waals surface area (Å²) in [6, 6.07) is 43.2. The van der Waals surface area contributed by atoms with Crippen LogP contribution in [0.2, 0.25) is 0 Å². The Morgan fingerprint density at radius 1 is 0.449 bits per heavy atom. The lowest BCUT2D eigenvalue weighted by atomic mass is 9.68. The Morgan fingerprint density at radius 2 is 0.694 bits per heavy atom. The van der Waals surface area contributed by atoms with Crippen molar-refractivity contribution in [3.63, 3.8) is 0 Å². The molecule has 21 heteroatoms. The molecule has 0 radical (unpaired) electrons. The fraction of sp³-hybridized carbons (Fsp3) is 0.494. The first-order valence-corrected chi connectivity index (χ1v) is 38.7. The first-order chi connectivity index (χ1) is 47.3. The summed E-state index contributed by atoms with van der Waals surface area (Å²) in [4.78, 5) is 53.9. The van der Waals surface area contributed by atoms with E-state index in [0.717, 1.165) is 176 Å². The van der Waals surface area contributed by atoms with E-state index in [2.05, 4.69) is 86.2 Å². The summed E-state index contributed by atoms with van der Waals surface area (Å²) in [5.41, 5.74) is 10.1. The van der Waals surface area contributed by atoms with Crippen molar-refractivity contribution in [3.8, 4) is 0 Å². The zero-order valence-electron chi connectivity index (χ0n) is 56.3. The number of rotatable bonds is 13. The summed E-state index contributed by atoms with van der Waals surface area (Å²) in [5, 5.41) is 22.1. The topological polar surface area (TPSA) is 120 Å². The molecular formula is C77H92BBr3F4N6O6S. The Hall–Kier alpha value is -4.94. The van der Waals surface area contributed by atoms with E-state index >= 15 is 0 Å². The van der Waals surface area contributed by atoms with Gasteiger partial charge in [-0.2, -0.15) is 3.89 Å². The third-order valence-corrected chi connectivity index (χ3v) is 22.9. The second-order valence-electron chi connectivity index (χ2n) is 28.3. The van der Waals surface area contributed by atoms with Crippen LogP contribution in [-0.4, -0.2) is 171 Å². The molecule has 2 N–H and O–H groups in total. The van der Waals surface area contributed by atoms with E-state index in [-0.39, 0.29) is 84.9 Å². The van der Waals surface area contributed by atoms with E-state index < -0.39 is 18.3 Å². The number of fused-ring (bicyclic) bond motifs is 12. The fourth-order valence-corrected chi connectivity index (χ4v) is 17.3. The molecule has 12 heterocycles. The van der Waals surface area contributed by atoms with Gasteiger partial charge in [0.25, 0.3) is 17.7 Å². The highest BCUT2D eigenvalue weighted by atomic mass is 79.9. The number of halogens is 7. The first kappa shape index (κ1) is 74.3. The SMILES string of the molecule is BrB(Br)Br.COC(CC12CCN(CC1)CC2)C(=O)N1CCc2ccccc2[C@@H]1c1ccc(F)cc1.CSF.O=C([C@@H](O)CC12CCN(CC1)CC2)N1CCc2ccccc2[C@@H]1c1ccc(F)cc1.O=C([C@H](O)CC12CCN(CC1)CC2)N1CCc2ccccc2[C@@H]1c1ccc(F)cc1. The molecule has 0 spiro atoms. The number of ether oxygens (including phenoxy) is 1. The molecule has 6 aromatic rings. The second kappa shape index (κ2) is 33.9. The summed E-state index contributed by atoms with van der Waals surface area (Å²) < 4.78 is 57.1. The number of hydrogen-bond donors (Lipinski definition) is 2. The van der Waals surface area contributed by atoms with Crippen LogP contribution in [0.1, 0.15) is 145 Å². The smallest absolute Gasteiger partial charge is 0.369 e. The van der Waals surface area contributed by atoms with E-state index in [1.54, 1.807) is 43.5 Å². The van der Waals surface area contributed by atoms with Crippen molar-refractivity contribution in [1.29, 1.82) is 0 Å². The minimum absolute atomic E-state index is 0.0636. The van der Waals surface area contributed by atoms with Gasteiger partial charge in [0, 0.05) is 45.1 Å². The Morgan fingerprint density at radius 3 is 0.959 bits per heavy atom. The van der Waals surface area contributed by atoms with E-state index in [9.17, 15) is 41.7 Å². The standard InChI is InChI=1S/C26H31FN2O2.2C25H29FN2O2.CH3FS.BBr3/c1-31-23(18-26-11-15-28(16-12-26)17-13-26)25(30)29-14-10-19-4-2-3-5-22(19)24(29)20-6-8-21(27)9-7-20;2*26-20-7-5-19(6-8-20)23-21-4-2-1-3-18(21)9-13-28(23)24(30)22(29)17-25-10-14-27(15-11-25)16-12-25;1-3-2;2-1(3)4/h2-9,23-24H,10-18H2,1H3;2*1-8,22-23,29H,9-17H2;1H3;/t23?,24-;22-,23+;22-,23-;;/m010../s1. The third kappa shape index (κ3) is 17.7. The number of nitrogens with zero attached hydrogens (tertiary/aromatic N) is 6. The highest BCUT2D eigenvalue weighted by Gasteiger charge is 2.47. The minimum atomic E-state index is -0.983. The highest BCUT2D eigenvalue weighted by Crippen LogP contribution is 2.48. The molecule has 6 bridgehead atoms. The predicted octanol–water partition coefficient (Wildman–Crippen LogP) is 14.7. The average molecular weight is 1560 g/mol. The minimum Gasteiger partial charge on any atom is -0.383 e. The van der Waals surface area contributed by atoms with Crippen LogP contribution in [-0.2, 0) is 38.4 Å². The molecule has 12 aliphatic heterocycles. The van der Waals surface area contributed by atoms with Gasteiger partial charge in [-0.15, -0.1) is 47.3 Å². The molecule has 9 saturated heterocycles. The van der Waals surface area contributed by atoms with Gasteiger partial charge in [0.15, 0.2) is 0 Å². The fourth-order valence-electron chi connectivity index (χ4n) is 17.3. The van der Waals surface area contributed by atoms with Crippen molar-refractivity contribution in [1.82, 2.24) is 29.4 Å². The van der Waals surface area contributed by atoms with Crippen LogP contribution < -0.4 is 0 Å². The maximum atomic E-state index is 13.9. The number of piperidine rings is 9. The van der Waals surface area contributed by atoms with E-state index in [1.165, 1.54) is 59.3 Å². The Labute approximate surface area is 605 Å². The Balaban J connectivity index is 0.000000142. The van der Waals surface area contributed by atoms with Gasteiger partial charge < -0.3 is 44.3 Å². The van der Waals surface area contributed by atoms with E-state index in [0.29, 0.717) is 32.5 Å². The number of hydrogen-bond acceptors (Lipinski definition) is 10. The number of carbonyl (C=O) groups excluding carboxylic acids is 3. The quantitative estimate of drug-likeness (QED) is 0.0854. The van der Waals surface area contributed by atoms with Gasteiger partial charge in [0.1, 0.15) is 35.8 Å². The van der Waals surface area contributed by atoms with Crippen molar-refractivity contribution in [2.24, 2.45) is 16.2 Å². The van der Waals surface area contributed by atoms with Crippen molar-refractivity contribution >= 4 is 80.3 Å². The largest absolute Gasteiger partial charge is 0.383 e. The maximum Gasteiger partial charge on any atom is 0.369 e. The number of methoxy groups -OCH3 is 1. The summed E-state index contributed by atoms with van der Waals surface area (Å²) >= 11 is 9.56. The lowest BCUT2D eigenvalue weighted by Crippen LogP contribution is -2.52. The molecule has 524 valence electrons. The number of aliphatic hydroxyl groups excluding tert-OH is 2. The number of benzene rings is 6. The van der Waals surface area contributed by atoms with Crippen molar-refractivity contribution < 1.29 is 46.4 Å². The van der Waals surface area contributed by atoms with Crippen LogP contribution in [0.5, 0.6) is 0 Å². The van der Waals surface area contributed by atoms with Gasteiger partial charge in [-0.3, -0.25) is 14.4 Å². The maximum absolute atomic E-state index is 13.9. The zero-order chi connectivity index (χ0) is 69.1. The third-order valence-electron chi connectivity index (χ3n) is 22.9. The molecule has 0 aliphatic carbocycles. The summed E-state index contributed by atoms with van der Waals surface area (Å²) in [7, 11) is 1.67. The van der Waals surface area contributed by atoms with Crippen molar-refractivity contribution in [2.45, 2.75) is 133 Å². The van der Waals surface area contributed by atoms with Gasteiger partial charge in [-0.25, -0.2) is 13.2 Å². The normalized spacial score (nSPS) is 27.0. The Bertz CT molecular complexity index is 3430. The molecule has 18 rings (SSSR count). The highest BCUT2D eigenvalue weighted by molar-refractivity contribution is 9.69. The number of carbonyl (C=O) groups is 3. The van der Waals surface area contributed by atoms with Crippen LogP contribution >= 0.6 is 59.4 Å². The van der Waals surface area contributed by atoms with Gasteiger partial charge in [-0.05, 0) is 258 Å². The predicted molar refractivity (Wildman–Crippen MR) is 392 cm³/mol. The lowest BCUT2D eigenvalue weighted by Gasteiger charge is -2.50. The average Bonchev–Trinajstić information content (AvgIpc) is 0.776. The van der Waals surface area contributed by atoms with Crippen LogP contribution in [0, 0.1) is 33.7 Å². The van der Waals surface area contributed by atoms with E-state index in [4.69, 9.17) is 4.74 Å². The molecule has 9 fully saturated rings. The molecule has 1 unspecified atom stereocenters.